The lowest BCUT2D eigenvalue weighted by Gasteiger charge is -2.45. The molecule has 1 aliphatic carbocycles. The molecular weight excluding hydrogens is 174 g/mol. The Bertz CT molecular complexity index is 257. The van der Waals surface area contributed by atoms with Crippen molar-refractivity contribution in [1.29, 1.82) is 0 Å². The van der Waals surface area contributed by atoms with Crippen molar-refractivity contribution in [2.45, 2.75) is 58.6 Å². The first-order valence-electron chi connectivity index (χ1n) is 5.72. The molecule has 0 bridgehead atoms. The molecule has 3 atom stereocenters. The highest BCUT2D eigenvalue weighted by Crippen LogP contribution is 2.41. The maximum Gasteiger partial charge on any atom is 0.180 e. The van der Waals surface area contributed by atoms with Gasteiger partial charge in [-0.15, -0.1) is 0 Å². The highest BCUT2D eigenvalue weighted by molar-refractivity contribution is 5.74. The van der Waals surface area contributed by atoms with E-state index in [2.05, 4.69) is 25.8 Å². The first-order valence-corrected chi connectivity index (χ1v) is 5.72. The van der Waals surface area contributed by atoms with Crippen LogP contribution in [0.1, 0.15) is 47.0 Å². The Labute approximate surface area is 86.8 Å². The first-order chi connectivity index (χ1) is 6.49. The zero-order chi connectivity index (χ0) is 10.3. The van der Waals surface area contributed by atoms with Crippen molar-refractivity contribution in [1.82, 2.24) is 0 Å². The molecule has 2 rings (SSSR count). The lowest BCUT2D eigenvalue weighted by Crippen LogP contribution is -2.47. The molecule has 0 unspecified atom stereocenters. The summed E-state index contributed by atoms with van der Waals surface area (Å²) >= 11 is 0. The van der Waals surface area contributed by atoms with Gasteiger partial charge in [0.25, 0.3) is 0 Å². The topological polar surface area (TPSA) is 21.6 Å². The minimum Gasteiger partial charge on any atom is -0.478 e. The predicted octanol–water partition coefficient (Wildman–Crippen LogP) is 3.02. The number of hydrogen-bond donors (Lipinski definition) is 0. The third-order valence-electron chi connectivity index (χ3n) is 3.73. The van der Waals surface area contributed by atoms with Crippen LogP contribution >= 0.6 is 0 Å². The molecule has 2 nitrogen and oxygen atoms in total. The number of rotatable bonds is 0. The maximum atomic E-state index is 5.85. The van der Waals surface area contributed by atoms with Crippen molar-refractivity contribution >= 4 is 5.90 Å². The van der Waals surface area contributed by atoms with Gasteiger partial charge in [0.15, 0.2) is 5.90 Å². The quantitative estimate of drug-likeness (QED) is 0.582. The Hall–Kier alpha value is -0.530. The fourth-order valence-electron chi connectivity index (χ4n) is 3.00. The fourth-order valence-corrected chi connectivity index (χ4v) is 3.00. The molecule has 2 heteroatoms. The van der Waals surface area contributed by atoms with E-state index in [1.165, 1.54) is 19.3 Å². The van der Waals surface area contributed by atoms with E-state index in [9.17, 15) is 0 Å². The zero-order valence-corrected chi connectivity index (χ0v) is 9.71. The minimum atomic E-state index is 0.0904. The fraction of sp³-hybridized carbons (Fsp3) is 0.917. The van der Waals surface area contributed by atoms with Crippen LogP contribution in [0.25, 0.3) is 0 Å². The van der Waals surface area contributed by atoms with Crippen LogP contribution in [-0.4, -0.2) is 17.5 Å². The monoisotopic (exact) mass is 195 g/mol. The van der Waals surface area contributed by atoms with E-state index < -0.39 is 0 Å². The molecule has 1 fully saturated rings. The van der Waals surface area contributed by atoms with Gasteiger partial charge in [-0.25, -0.2) is 4.99 Å². The highest BCUT2D eigenvalue weighted by Gasteiger charge is 2.43. The zero-order valence-electron chi connectivity index (χ0n) is 9.71. The molecule has 1 heterocycles. The number of hydrogen-bond acceptors (Lipinski definition) is 2. The number of ether oxygens (including phenoxy) is 1. The van der Waals surface area contributed by atoms with E-state index in [0.29, 0.717) is 12.0 Å². The SMILES string of the molecule is CC1=NC(C)(C)[C@H]2CC[C@@H](C)C[C@@H]2O1. The molecule has 2 aliphatic rings. The Morgan fingerprint density at radius 3 is 2.79 bits per heavy atom. The van der Waals surface area contributed by atoms with Gasteiger partial charge in [0, 0.05) is 12.8 Å². The lowest BCUT2D eigenvalue weighted by molar-refractivity contribution is 0.00772. The van der Waals surface area contributed by atoms with Crippen molar-refractivity contribution in [2.24, 2.45) is 16.8 Å². The summed E-state index contributed by atoms with van der Waals surface area (Å²) in [5.41, 5.74) is 0.0904. The summed E-state index contributed by atoms with van der Waals surface area (Å²) in [6.07, 6.45) is 4.24. The van der Waals surface area contributed by atoms with Crippen molar-refractivity contribution < 1.29 is 4.74 Å². The van der Waals surface area contributed by atoms with Gasteiger partial charge in [0.2, 0.25) is 0 Å². The summed E-state index contributed by atoms with van der Waals surface area (Å²) in [5.74, 6) is 2.32. The highest BCUT2D eigenvalue weighted by atomic mass is 16.5. The van der Waals surface area contributed by atoms with E-state index >= 15 is 0 Å². The van der Waals surface area contributed by atoms with Gasteiger partial charge >= 0.3 is 0 Å². The Balaban J connectivity index is 2.21. The van der Waals surface area contributed by atoms with Crippen molar-refractivity contribution in [3.05, 3.63) is 0 Å². The van der Waals surface area contributed by atoms with Gasteiger partial charge in [-0.1, -0.05) is 13.3 Å². The van der Waals surface area contributed by atoms with Gasteiger partial charge in [-0.2, -0.15) is 0 Å². The molecule has 0 aromatic rings. The molecule has 0 amide bonds. The van der Waals surface area contributed by atoms with Crippen LogP contribution in [0.4, 0.5) is 0 Å². The predicted molar refractivity (Wildman–Crippen MR) is 58.6 cm³/mol. The van der Waals surface area contributed by atoms with Gasteiger partial charge in [0.1, 0.15) is 6.10 Å². The van der Waals surface area contributed by atoms with Gasteiger partial charge < -0.3 is 4.74 Å². The molecule has 1 saturated carbocycles. The van der Waals surface area contributed by atoms with E-state index in [0.717, 1.165) is 11.8 Å². The Morgan fingerprint density at radius 1 is 1.36 bits per heavy atom. The number of fused-ring (bicyclic) bond motifs is 1. The van der Waals surface area contributed by atoms with Crippen LogP contribution in [0.3, 0.4) is 0 Å². The smallest absolute Gasteiger partial charge is 0.180 e. The van der Waals surface area contributed by atoms with Crippen molar-refractivity contribution in [3.8, 4) is 0 Å². The molecule has 0 aromatic carbocycles. The van der Waals surface area contributed by atoms with Crippen LogP contribution < -0.4 is 0 Å². The van der Waals surface area contributed by atoms with Crippen LogP contribution in [-0.2, 0) is 4.74 Å². The average molecular weight is 195 g/mol. The van der Waals surface area contributed by atoms with Crippen LogP contribution in [0.5, 0.6) is 0 Å². The molecule has 80 valence electrons. The molecule has 0 N–H and O–H groups in total. The largest absolute Gasteiger partial charge is 0.478 e. The van der Waals surface area contributed by atoms with Gasteiger partial charge in [0.05, 0.1) is 5.54 Å². The summed E-state index contributed by atoms with van der Waals surface area (Å²) in [7, 11) is 0. The molecule has 0 saturated heterocycles. The normalized spacial score (nSPS) is 40.9. The van der Waals surface area contributed by atoms with Crippen LogP contribution in [0.15, 0.2) is 4.99 Å². The summed E-state index contributed by atoms with van der Waals surface area (Å²) in [4.78, 5) is 4.62. The second-order valence-corrected chi connectivity index (χ2v) is 5.47. The summed E-state index contributed by atoms with van der Waals surface area (Å²) in [5, 5.41) is 0. The second kappa shape index (κ2) is 3.25. The third kappa shape index (κ3) is 1.67. The summed E-state index contributed by atoms with van der Waals surface area (Å²) in [6.45, 7) is 8.80. The Morgan fingerprint density at radius 2 is 2.07 bits per heavy atom. The van der Waals surface area contributed by atoms with E-state index in [-0.39, 0.29) is 5.54 Å². The van der Waals surface area contributed by atoms with Crippen molar-refractivity contribution in [3.63, 3.8) is 0 Å². The van der Waals surface area contributed by atoms with E-state index in [1.54, 1.807) is 0 Å². The van der Waals surface area contributed by atoms with Gasteiger partial charge in [-0.3, -0.25) is 0 Å². The number of aliphatic imine (C=N–C) groups is 1. The molecule has 0 aromatic heterocycles. The minimum absolute atomic E-state index is 0.0904. The summed E-state index contributed by atoms with van der Waals surface area (Å²) < 4.78 is 5.85. The average Bonchev–Trinajstić information content (AvgIpc) is 2.00. The van der Waals surface area contributed by atoms with Crippen LogP contribution in [0.2, 0.25) is 0 Å². The Kier molecular flexibility index (Phi) is 2.32. The van der Waals surface area contributed by atoms with Crippen molar-refractivity contribution in [2.75, 3.05) is 0 Å². The molecule has 14 heavy (non-hydrogen) atoms. The molecular formula is C12H21NO. The first kappa shape index (κ1) is 10.0. The third-order valence-corrected chi connectivity index (χ3v) is 3.73. The summed E-state index contributed by atoms with van der Waals surface area (Å²) in [6, 6.07) is 0. The lowest BCUT2D eigenvalue weighted by atomic mass is 9.71. The van der Waals surface area contributed by atoms with Crippen LogP contribution in [0, 0.1) is 11.8 Å². The molecule has 0 spiro atoms. The van der Waals surface area contributed by atoms with Gasteiger partial charge in [-0.05, 0) is 32.6 Å². The maximum absolute atomic E-state index is 5.85. The standard InChI is InChI=1S/C12H21NO/c1-8-5-6-10-11(7-8)14-9(2)13-12(10,3)4/h8,10-11H,5-7H2,1-4H3/t8-,10+,11+/m1/s1. The van der Waals surface area contributed by atoms with E-state index in [4.69, 9.17) is 4.74 Å². The molecule has 1 aliphatic heterocycles. The number of nitrogens with zero attached hydrogens (tertiary/aromatic N) is 1. The second-order valence-electron chi connectivity index (χ2n) is 5.47. The molecule has 0 radical (unpaired) electrons. The van der Waals surface area contributed by atoms with E-state index in [1.807, 2.05) is 6.92 Å².